The minimum absolute atomic E-state index is 0.0656. The van der Waals surface area contributed by atoms with Crippen molar-refractivity contribution in [3.8, 4) is 0 Å². The second-order valence-electron chi connectivity index (χ2n) is 16.8. The van der Waals surface area contributed by atoms with Crippen molar-refractivity contribution >= 4 is 17.9 Å². The summed E-state index contributed by atoms with van der Waals surface area (Å²) in [4.78, 5) is 37.7. The fourth-order valence-electron chi connectivity index (χ4n) is 6.90. The second kappa shape index (κ2) is 40.1. The van der Waals surface area contributed by atoms with Gasteiger partial charge in [0, 0.05) is 19.3 Å². The third-order valence-electron chi connectivity index (χ3n) is 10.8. The third-order valence-corrected chi connectivity index (χ3v) is 10.8. The van der Waals surface area contributed by atoms with Gasteiger partial charge in [-0.05, 0) is 31.1 Å². The van der Waals surface area contributed by atoms with E-state index in [-0.39, 0.29) is 31.1 Å². The van der Waals surface area contributed by atoms with Crippen LogP contribution in [0.15, 0.2) is 0 Å². The van der Waals surface area contributed by atoms with Crippen molar-refractivity contribution in [3.63, 3.8) is 0 Å². The molecule has 0 N–H and O–H groups in total. The van der Waals surface area contributed by atoms with E-state index in [1.807, 2.05) is 0 Å². The Labute approximate surface area is 329 Å². The molecule has 0 amide bonds. The Balaban J connectivity index is 4.32. The molecule has 0 fully saturated rings. The molecule has 0 saturated carbocycles. The van der Waals surface area contributed by atoms with E-state index >= 15 is 0 Å². The molecule has 0 aromatic carbocycles. The zero-order chi connectivity index (χ0) is 39.0. The molecule has 53 heavy (non-hydrogen) atoms. The van der Waals surface area contributed by atoms with E-state index in [0.717, 1.165) is 69.6 Å². The predicted octanol–water partition coefficient (Wildman–Crippen LogP) is 14.6. The Morgan fingerprint density at radius 3 is 1.08 bits per heavy atom. The van der Waals surface area contributed by atoms with Crippen molar-refractivity contribution in [2.24, 2.45) is 11.8 Å². The molecule has 0 saturated heterocycles. The van der Waals surface area contributed by atoms with Gasteiger partial charge in [0.2, 0.25) is 0 Å². The molecule has 1 unspecified atom stereocenters. The van der Waals surface area contributed by atoms with Crippen molar-refractivity contribution in [3.05, 3.63) is 0 Å². The Kier molecular flexibility index (Phi) is 38.9. The van der Waals surface area contributed by atoms with E-state index < -0.39 is 6.10 Å². The van der Waals surface area contributed by atoms with Crippen LogP contribution in [0.2, 0.25) is 0 Å². The summed E-state index contributed by atoms with van der Waals surface area (Å²) in [5, 5.41) is 0. The summed E-state index contributed by atoms with van der Waals surface area (Å²) in [7, 11) is 0. The molecule has 6 heteroatoms. The van der Waals surface area contributed by atoms with E-state index in [2.05, 4.69) is 34.6 Å². The first-order valence-corrected chi connectivity index (χ1v) is 23.3. The first kappa shape index (κ1) is 51.4. The quantitative estimate of drug-likeness (QED) is 0.0352. The van der Waals surface area contributed by atoms with Gasteiger partial charge in [0.05, 0.1) is 0 Å². The molecule has 0 aromatic heterocycles. The molecule has 0 aromatic rings. The molecule has 0 heterocycles. The number of hydrogen-bond acceptors (Lipinski definition) is 6. The van der Waals surface area contributed by atoms with Crippen molar-refractivity contribution < 1.29 is 28.6 Å². The van der Waals surface area contributed by atoms with Gasteiger partial charge in [-0.15, -0.1) is 0 Å². The smallest absolute Gasteiger partial charge is 0.306 e. The summed E-state index contributed by atoms with van der Waals surface area (Å²) < 4.78 is 16.7. The van der Waals surface area contributed by atoms with Gasteiger partial charge in [0.15, 0.2) is 6.10 Å². The second-order valence-corrected chi connectivity index (χ2v) is 16.8. The highest BCUT2D eigenvalue weighted by Crippen LogP contribution is 2.17. The summed E-state index contributed by atoms with van der Waals surface area (Å²) in [6.45, 7) is 11.3. The van der Waals surface area contributed by atoms with Crippen LogP contribution >= 0.6 is 0 Å². The Morgan fingerprint density at radius 2 is 0.717 bits per heavy atom. The lowest BCUT2D eigenvalue weighted by molar-refractivity contribution is -0.167. The number of ether oxygens (including phenoxy) is 3. The maximum Gasteiger partial charge on any atom is 0.306 e. The number of esters is 3. The van der Waals surface area contributed by atoms with E-state index in [1.165, 1.54) is 141 Å². The predicted molar refractivity (Wildman–Crippen MR) is 224 cm³/mol. The summed E-state index contributed by atoms with van der Waals surface area (Å²) in [6, 6.07) is 0. The highest BCUT2D eigenvalue weighted by molar-refractivity contribution is 5.71. The van der Waals surface area contributed by atoms with Crippen molar-refractivity contribution in [1.82, 2.24) is 0 Å². The maximum atomic E-state index is 12.7. The number of rotatable bonds is 41. The summed E-state index contributed by atoms with van der Waals surface area (Å²) in [5.74, 6) is 0.746. The summed E-state index contributed by atoms with van der Waals surface area (Å²) >= 11 is 0. The van der Waals surface area contributed by atoms with E-state index in [9.17, 15) is 14.4 Å². The van der Waals surface area contributed by atoms with E-state index in [0.29, 0.717) is 19.3 Å². The Morgan fingerprint density at radius 1 is 0.396 bits per heavy atom. The largest absolute Gasteiger partial charge is 0.462 e. The third kappa shape index (κ3) is 39.9. The van der Waals surface area contributed by atoms with Crippen LogP contribution < -0.4 is 0 Å². The van der Waals surface area contributed by atoms with Crippen molar-refractivity contribution in [1.29, 1.82) is 0 Å². The first-order chi connectivity index (χ1) is 25.8. The van der Waals surface area contributed by atoms with Crippen LogP contribution in [0, 0.1) is 11.8 Å². The molecule has 6 nitrogen and oxygen atoms in total. The van der Waals surface area contributed by atoms with Crippen LogP contribution in [0.25, 0.3) is 0 Å². The van der Waals surface area contributed by atoms with Gasteiger partial charge in [-0.3, -0.25) is 14.4 Å². The standard InChI is InChI=1S/C47H90O6/c1-6-8-9-10-11-12-13-14-15-16-17-21-27-32-37-45(48)51-40-44(41-52-46(49)38-33-28-24-23-25-30-35-42(3)4)53-47(50)39-34-29-22-19-18-20-26-31-36-43(5)7-2/h42-44H,6-41H2,1-5H3/t43?,44-/m0/s1. The molecule has 0 aliphatic heterocycles. The van der Waals surface area contributed by atoms with Gasteiger partial charge < -0.3 is 14.2 Å². The lowest BCUT2D eigenvalue weighted by atomic mass is 9.99. The Hall–Kier alpha value is -1.59. The van der Waals surface area contributed by atoms with Crippen LogP contribution in [0.3, 0.4) is 0 Å². The monoisotopic (exact) mass is 751 g/mol. The van der Waals surface area contributed by atoms with Gasteiger partial charge >= 0.3 is 17.9 Å². The van der Waals surface area contributed by atoms with Crippen LogP contribution in [-0.4, -0.2) is 37.2 Å². The zero-order valence-electron chi connectivity index (χ0n) is 36.1. The highest BCUT2D eigenvalue weighted by Gasteiger charge is 2.19. The topological polar surface area (TPSA) is 78.9 Å². The van der Waals surface area contributed by atoms with E-state index in [4.69, 9.17) is 14.2 Å². The van der Waals surface area contributed by atoms with Crippen LogP contribution in [0.1, 0.15) is 253 Å². The molecular weight excluding hydrogens is 661 g/mol. The molecule has 0 spiro atoms. The molecule has 0 aliphatic rings. The van der Waals surface area contributed by atoms with Crippen molar-refractivity contribution in [2.45, 2.75) is 259 Å². The molecule has 0 bridgehead atoms. The summed E-state index contributed by atoms with van der Waals surface area (Å²) in [6.07, 6.45) is 38.1. The molecule has 0 aliphatic carbocycles. The fraction of sp³-hybridized carbons (Fsp3) is 0.936. The lowest BCUT2D eigenvalue weighted by Crippen LogP contribution is -2.30. The minimum Gasteiger partial charge on any atom is -0.462 e. The van der Waals surface area contributed by atoms with Crippen LogP contribution in [0.4, 0.5) is 0 Å². The minimum atomic E-state index is -0.761. The molecule has 314 valence electrons. The SMILES string of the molecule is CCCCCCCCCCCCCCCCC(=O)OC[C@@H](COC(=O)CCCCCCCCC(C)C)OC(=O)CCCCCCCCCCC(C)CC. The number of carbonyl (C=O) groups excluding carboxylic acids is 3. The van der Waals surface area contributed by atoms with Gasteiger partial charge in [0.1, 0.15) is 13.2 Å². The van der Waals surface area contributed by atoms with Gasteiger partial charge in [0.25, 0.3) is 0 Å². The van der Waals surface area contributed by atoms with Gasteiger partial charge in [-0.25, -0.2) is 0 Å². The lowest BCUT2D eigenvalue weighted by Gasteiger charge is -2.18. The first-order valence-electron chi connectivity index (χ1n) is 23.3. The van der Waals surface area contributed by atoms with Gasteiger partial charge in [-0.2, -0.15) is 0 Å². The summed E-state index contributed by atoms with van der Waals surface area (Å²) in [5.41, 5.74) is 0. The molecule has 2 atom stereocenters. The number of hydrogen-bond donors (Lipinski definition) is 0. The fourth-order valence-corrected chi connectivity index (χ4v) is 6.90. The zero-order valence-corrected chi connectivity index (χ0v) is 36.1. The average Bonchev–Trinajstić information content (AvgIpc) is 3.14. The van der Waals surface area contributed by atoms with E-state index in [1.54, 1.807) is 0 Å². The normalized spacial score (nSPS) is 12.6. The van der Waals surface area contributed by atoms with Gasteiger partial charge in [-0.1, -0.05) is 214 Å². The Bertz CT molecular complexity index is 811. The van der Waals surface area contributed by atoms with Crippen LogP contribution in [-0.2, 0) is 28.6 Å². The maximum absolute atomic E-state index is 12.7. The molecular formula is C47H90O6. The number of unbranched alkanes of at least 4 members (excludes halogenated alkanes) is 25. The molecule has 0 rings (SSSR count). The highest BCUT2D eigenvalue weighted by atomic mass is 16.6. The number of carbonyl (C=O) groups is 3. The van der Waals surface area contributed by atoms with Crippen molar-refractivity contribution in [2.75, 3.05) is 13.2 Å². The average molecular weight is 751 g/mol. The molecule has 0 radical (unpaired) electrons. The van der Waals surface area contributed by atoms with Crippen LogP contribution in [0.5, 0.6) is 0 Å².